The molecule has 4 heteroatoms. The lowest BCUT2D eigenvalue weighted by atomic mass is 9.87. The van der Waals surface area contributed by atoms with E-state index in [9.17, 15) is 8.42 Å². The Hall–Kier alpha value is -1.03. The van der Waals surface area contributed by atoms with Gasteiger partial charge in [-0.05, 0) is 23.1 Å². The van der Waals surface area contributed by atoms with E-state index >= 15 is 0 Å². The van der Waals surface area contributed by atoms with E-state index < -0.39 is 9.84 Å². The molecule has 2 rings (SSSR count). The molecule has 0 spiro atoms. The zero-order valence-electron chi connectivity index (χ0n) is 11.3. The summed E-state index contributed by atoms with van der Waals surface area (Å²) in [6, 6.07) is 8.42. The largest absolute Gasteiger partial charge is 0.369 e. The first-order valence-electron chi connectivity index (χ1n) is 6.34. The van der Waals surface area contributed by atoms with Gasteiger partial charge in [-0.25, -0.2) is 8.42 Å². The van der Waals surface area contributed by atoms with Crippen molar-refractivity contribution in [1.82, 2.24) is 0 Å². The van der Waals surface area contributed by atoms with E-state index in [0.29, 0.717) is 13.1 Å². The van der Waals surface area contributed by atoms with E-state index in [1.54, 1.807) is 0 Å². The fourth-order valence-electron chi connectivity index (χ4n) is 2.14. The average molecular weight is 267 g/mol. The molecule has 1 aliphatic rings. The average Bonchev–Trinajstić information content (AvgIpc) is 2.28. The first-order valence-corrected chi connectivity index (χ1v) is 8.16. The number of sulfone groups is 1. The second-order valence-corrected chi connectivity index (χ2v) is 8.24. The van der Waals surface area contributed by atoms with E-state index in [-0.39, 0.29) is 16.9 Å². The van der Waals surface area contributed by atoms with Crippen LogP contribution in [0.5, 0.6) is 0 Å². The maximum absolute atomic E-state index is 11.4. The van der Waals surface area contributed by atoms with Gasteiger partial charge in [-0.15, -0.1) is 0 Å². The quantitative estimate of drug-likeness (QED) is 0.783. The molecular formula is C14H21NO2S. The number of hydrogen-bond donors (Lipinski definition) is 0. The summed E-state index contributed by atoms with van der Waals surface area (Å²) >= 11 is 0. The highest BCUT2D eigenvalue weighted by Crippen LogP contribution is 2.27. The molecule has 0 bridgehead atoms. The smallest absolute Gasteiger partial charge is 0.153 e. The van der Waals surface area contributed by atoms with E-state index in [1.165, 1.54) is 5.56 Å². The van der Waals surface area contributed by atoms with Crippen molar-refractivity contribution in [2.24, 2.45) is 0 Å². The predicted octanol–water partition coefficient (Wildman–Crippen LogP) is 2.22. The molecule has 0 aliphatic carbocycles. The predicted molar refractivity (Wildman–Crippen MR) is 76.0 cm³/mol. The standard InChI is InChI=1S/C14H21NO2S/c1-14(2,3)12-5-4-6-13(11-12)15-7-9-18(16,17)10-8-15/h4-6,11H,7-10H2,1-3H3. The lowest BCUT2D eigenvalue weighted by Gasteiger charge is -2.30. The molecule has 1 fully saturated rings. The molecule has 0 aromatic heterocycles. The summed E-state index contributed by atoms with van der Waals surface area (Å²) in [5.74, 6) is 0.541. The first kappa shape index (κ1) is 13.4. The number of rotatable bonds is 1. The number of hydrogen-bond acceptors (Lipinski definition) is 3. The van der Waals surface area contributed by atoms with E-state index in [0.717, 1.165) is 5.69 Å². The van der Waals surface area contributed by atoms with Crippen molar-refractivity contribution in [2.45, 2.75) is 26.2 Å². The molecule has 1 aromatic carbocycles. The van der Waals surface area contributed by atoms with Crippen LogP contribution in [0.1, 0.15) is 26.3 Å². The Labute approximate surface area is 110 Å². The van der Waals surface area contributed by atoms with E-state index in [2.05, 4.69) is 49.9 Å². The van der Waals surface area contributed by atoms with Gasteiger partial charge < -0.3 is 4.90 Å². The molecule has 0 amide bonds. The van der Waals surface area contributed by atoms with Crippen LogP contribution in [0.3, 0.4) is 0 Å². The topological polar surface area (TPSA) is 37.4 Å². The summed E-state index contributed by atoms with van der Waals surface area (Å²) in [5, 5.41) is 0. The van der Waals surface area contributed by atoms with Crippen molar-refractivity contribution >= 4 is 15.5 Å². The van der Waals surface area contributed by atoms with Crippen LogP contribution in [0.2, 0.25) is 0 Å². The fraction of sp³-hybridized carbons (Fsp3) is 0.571. The van der Waals surface area contributed by atoms with E-state index in [1.807, 2.05) is 0 Å². The summed E-state index contributed by atoms with van der Waals surface area (Å²) in [5.41, 5.74) is 2.54. The van der Waals surface area contributed by atoms with Gasteiger partial charge in [0, 0.05) is 18.8 Å². The van der Waals surface area contributed by atoms with Gasteiger partial charge in [0.1, 0.15) is 0 Å². The molecule has 0 saturated carbocycles. The molecule has 1 aliphatic heterocycles. The number of anilines is 1. The maximum Gasteiger partial charge on any atom is 0.153 e. The first-order chi connectivity index (χ1) is 8.28. The lowest BCUT2D eigenvalue weighted by molar-refractivity contribution is 0.584. The van der Waals surface area contributed by atoms with Gasteiger partial charge in [-0.3, -0.25) is 0 Å². The highest BCUT2D eigenvalue weighted by atomic mass is 32.2. The van der Waals surface area contributed by atoms with Gasteiger partial charge in [0.2, 0.25) is 0 Å². The Kier molecular flexibility index (Phi) is 3.41. The van der Waals surface area contributed by atoms with Crippen molar-refractivity contribution in [3.8, 4) is 0 Å². The molecule has 1 heterocycles. The highest BCUT2D eigenvalue weighted by molar-refractivity contribution is 7.91. The molecule has 0 unspecified atom stereocenters. The van der Waals surface area contributed by atoms with Gasteiger partial charge in [0.25, 0.3) is 0 Å². The molecule has 0 radical (unpaired) electrons. The lowest BCUT2D eigenvalue weighted by Crippen LogP contribution is -2.40. The third-order valence-electron chi connectivity index (χ3n) is 3.42. The third kappa shape index (κ3) is 3.05. The van der Waals surface area contributed by atoms with Crippen LogP contribution in [0, 0.1) is 0 Å². The van der Waals surface area contributed by atoms with Gasteiger partial charge in [0.15, 0.2) is 9.84 Å². The Morgan fingerprint density at radius 2 is 1.72 bits per heavy atom. The van der Waals surface area contributed by atoms with Crippen molar-refractivity contribution in [1.29, 1.82) is 0 Å². The monoisotopic (exact) mass is 267 g/mol. The van der Waals surface area contributed by atoms with Crippen LogP contribution in [0.4, 0.5) is 5.69 Å². The number of nitrogens with zero attached hydrogens (tertiary/aromatic N) is 1. The van der Waals surface area contributed by atoms with Crippen LogP contribution in [0.15, 0.2) is 24.3 Å². The molecule has 0 atom stereocenters. The van der Waals surface area contributed by atoms with Gasteiger partial charge >= 0.3 is 0 Å². The third-order valence-corrected chi connectivity index (χ3v) is 5.03. The molecule has 3 nitrogen and oxygen atoms in total. The normalized spacial score (nSPS) is 19.8. The highest BCUT2D eigenvalue weighted by Gasteiger charge is 2.22. The summed E-state index contributed by atoms with van der Waals surface area (Å²) in [6.45, 7) is 7.78. The number of benzene rings is 1. The summed E-state index contributed by atoms with van der Waals surface area (Å²) in [7, 11) is -2.80. The van der Waals surface area contributed by atoms with Crippen LogP contribution in [0.25, 0.3) is 0 Å². The SMILES string of the molecule is CC(C)(C)c1cccc(N2CCS(=O)(=O)CC2)c1. The van der Waals surface area contributed by atoms with Crippen molar-refractivity contribution in [2.75, 3.05) is 29.5 Å². The minimum atomic E-state index is -2.80. The summed E-state index contributed by atoms with van der Waals surface area (Å²) in [4.78, 5) is 2.16. The molecule has 0 N–H and O–H groups in total. The van der Waals surface area contributed by atoms with Crippen LogP contribution < -0.4 is 4.90 Å². The van der Waals surface area contributed by atoms with Crippen molar-refractivity contribution < 1.29 is 8.42 Å². The second-order valence-electron chi connectivity index (χ2n) is 5.94. The minimum absolute atomic E-state index is 0.123. The van der Waals surface area contributed by atoms with Gasteiger partial charge in [-0.1, -0.05) is 32.9 Å². The molecular weight excluding hydrogens is 246 g/mol. The molecule has 100 valence electrons. The van der Waals surface area contributed by atoms with E-state index in [4.69, 9.17) is 0 Å². The summed E-state index contributed by atoms with van der Waals surface area (Å²) < 4.78 is 22.9. The molecule has 1 saturated heterocycles. The zero-order valence-corrected chi connectivity index (χ0v) is 12.1. The van der Waals surface area contributed by atoms with Gasteiger partial charge in [-0.2, -0.15) is 0 Å². The van der Waals surface area contributed by atoms with Crippen molar-refractivity contribution in [3.05, 3.63) is 29.8 Å². The van der Waals surface area contributed by atoms with Crippen LogP contribution in [-0.4, -0.2) is 33.0 Å². The molecule has 1 aromatic rings. The van der Waals surface area contributed by atoms with Crippen LogP contribution >= 0.6 is 0 Å². The fourth-order valence-corrected chi connectivity index (χ4v) is 3.34. The Bertz CT molecular complexity index is 515. The second kappa shape index (κ2) is 4.57. The zero-order chi connectivity index (χ0) is 13.4. The Morgan fingerprint density at radius 3 is 2.28 bits per heavy atom. The summed E-state index contributed by atoms with van der Waals surface area (Å²) in [6.07, 6.45) is 0. The molecule has 18 heavy (non-hydrogen) atoms. The minimum Gasteiger partial charge on any atom is -0.369 e. The van der Waals surface area contributed by atoms with Crippen LogP contribution in [-0.2, 0) is 15.3 Å². The van der Waals surface area contributed by atoms with Gasteiger partial charge in [0.05, 0.1) is 11.5 Å². The van der Waals surface area contributed by atoms with Crippen molar-refractivity contribution in [3.63, 3.8) is 0 Å². The Morgan fingerprint density at radius 1 is 1.11 bits per heavy atom. The Balaban J connectivity index is 2.20. The maximum atomic E-state index is 11.4.